The maximum Gasteiger partial charge on any atom is 0.0798 e. The molecule has 5 aromatic carbocycles. The van der Waals surface area contributed by atoms with Gasteiger partial charge in [0, 0.05) is 37.2 Å². The molecular weight excluding hydrogens is 893 g/mol. The first kappa shape index (κ1) is 40.0. The van der Waals surface area contributed by atoms with Crippen molar-refractivity contribution in [3.63, 3.8) is 0 Å². The Hall–Kier alpha value is -4.25. The van der Waals surface area contributed by atoms with Crippen LogP contribution >= 0.6 is 11.3 Å². The zero-order valence-electron chi connectivity index (χ0n) is 33.2. The SMILES string of the molecule is CC(C)Cc1cc(-c2[c-]cccc2)ncc1[Si](C)(C)C.[Ir].[c-]1ccc2c(sc3cccc(-c4cccc5ccccc45)c32)c1-c1cc(C2CCCCC2)ccn1. The number of hydrogen-bond acceptors (Lipinski definition) is 3. The number of rotatable bonds is 7. The minimum Gasteiger partial charge on any atom is -0.305 e. The summed E-state index contributed by atoms with van der Waals surface area (Å²) in [6.45, 7) is 11.7. The second kappa shape index (κ2) is 17.5. The van der Waals surface area contributed by atoms with Gasteiger partial charge in [0.25, 0.3) is 0 Å². The van der Waals surface area contributed by atoms with Crippen molar-refractivity contribution in [3.05, 3.63) is 151 Å². The van der Waals surface area contributed by atoms with Crippen molar-refractivity contribution >= 4 is 55.5 Å². The van der Waals surface area contributed by atoms with Gasteiger partial charge >= 0.3 is 0 Å². The third-order valence-corrected chi connectivity index (χ3v) is 14.3. The zero-order chi connectivity index (χ0) is 37.9. The van der Waals surface area contributed by atoms with Gasteiger partial charge in [0.05, 0.1) is 8.07 Å². The Bertz CT molecular complexity index is 2580. The van der Waals surface area contributed by atoms with E-state index in [0.717, 1.165) is 28.9 Å². The molecular formula is C51H50IrN2SSi-2. The molecule has 0 atom stereocenters. The van der Waals surface area contributed by atoms with Crippen molar-refractivity contribution in [1.82, 2.24) is 9.97 Å². The molecule has 285 valence electrons. The number of pyridine rings is 2. The standard InChI is InChI=1S/C33H26NS.C18H24NSi.Ir/c1-2-9-22(10-3-1)24-19-20-34-30(21-24)28-16-7-17-29-32-27(15-8-18-31(32)35-33(28)29)26-14-6-12-23-11-4-5-13-25(23)26;1-14(2)11-16-12-17(15-9-7-6-8-10-15)19-13-18(16)20(3,4)5;/h4-8,11-15,17-22H,1-3,9-10H2;6-9,12-14H,11H2,1-5H3;/q2*-1;. The van der Waals surface area contributed by atoms with Crippen molar-refractivity contribution in [1.29, 1.82) is 0 Å². The van der Waals surface area contributed by atoms with Crippen LogP contribution in [0.15, 0.2) is 128 Å². The van der Waals surface area contributed by atoms with Gasteiger partial charge in [-0.3, -0.25) is 0 Å². The average molecular weight is 943 g/mol. The largest absolute Gasteiger partial charge is 0.305 e. The van der Waals surface area contributed by atoms with E-state index in [2.05, 4.69) is 154 Å². The Morgan fingerprint density at radius 2 is 1.50 bits per heavy atom. The second-order valence-electron chi connectivity index (χ2n) is 16.6. The number of fused-ring (bicyclic) bond motifs is 4. The fourth-order valence-corrected chi connectivity index (χ4v) is 11.2. The summed E-state index contributed by atoms with van der Waals surface area (Å²) >= 11 is 1.87. The van der Waals surface area contributed by atoms with Crippen LogP contribution in [0.4, 0.5) is 0 Å². The number of aromatic nitrogens is 2. The average Bonchev–Trinajstić information content (AvgIpc) is 3.60. The van der Waals surface area contributed by atoms with E-state index >= 15 is 0 Å². The van der Waals surface area contributed by atoms with Crippen LogP contribution in [0.2, 0.25) is 19.6 Å². The fourth-order valence-electron chi connectivity index (χ4n) is 8.42. The fraction of sp³-hybridized carbons (Fsp3) is 0.255. The molecule has 0 spiro atoms. The summed E-state index contributed by atoms with van der Waals surface area (Å²) in [6, 6.07) is 48.1. The van der Waals surface area contributed by atoms with Gasteiger partial charge in [0.15, 0.2) is 0 Å². The van der Waals surface area contributed by atoms with Crippen LogP contribution in [0.1, 0.15) is 63.0 Å². The van der Waals surface area contributed by atoms with Crippen LogP contribution < -0.4 is 5.19 Å². The molecule has 0 amide bonds. The van der Waals surface area contributed by atoms with E-state index in [1.807, 2.05) is 35.7 Å². The van der Waals surface area contributed by atoms with E-state index < -0.39 is 8.07 Å². The molecule has 0 saturated heterocycles. The van der Waals surface area contributed by atoms with Gasteiger partial charge in [-0.05, 0) is 91.8 Å². The first-order chi connectivity index (χ1) is 26.7. The van der Waals surface area contributed by atoms with Crippen LogP contribution in [-0.2, 0) is 26.5 Å². The molecule has 1 saturated carbocycles. The van der Waals surface area contributed by atoms with E-state index in [1.54, 1.807) is 0 Å². The molecule has 1 aliphatic carbocycles. The molecule has 3 heterocycles. The van der Waals surface area contributed by atoms with Gasteiger partial charge in [-0.1, -0.05) is 136 Å². The first-order valence-corrected chi connectivity index (χ1v) is 24.3. The minimum absolute atomic E-state index is 0. The number of nitrogens with zero attached hydrogens (tertiary/aromatic N) is 2. The van der Waals surface area contributed by atoms with E-state index in [1.165, 1.54) is 90.5 Å². The molecule has 8 aromatic rings. The summed E-state index contributed by atoms with van der Waals surface area (Å²) in [4.78, 5) is 9.51. The Labute approximate surface area is 351 Å². The van der Waals surface area contributed by atoms with Gasteiger partial charge < -0.3 is 9.97 Å². The summed E-state index contributed by atoms with van der Waals surface area (Å²) in [5.74, 6) is 1.34. The first-order valence-electron chi connectivity index (χ1n) is 20.0. The molecule has 3 aromatic heterocycles. The van der Waals surface area contributed by atoms with E-state index in [4.69, 9.17) is 4.98 Å². The summed E-state index contributed by atoms with van der Waals surface area (Å²) in [6.07, 6.45) is 11.9. The van der Waals surface area contributed by atoms with Crippen molar-refractivity contribution in [2.24, 2.45) is 5.92 Å². The zero-order valence-corrected chi connectivity index (χ0v) is 37.4. The summed E-state index contributed by atoms with van der Waals surface area (Å²) in [5, 5.41) is 6.70. The van der Waals surface area contributed by atoms with Crippen molar-refractivity contribution in [2.45, 2.75) is 77.9 Å². The summed E-state index contributed by atoms with van der Waals surface area (Å²) < 4.78 is 2.60. The predicted octanol–water partition coefficient (Wildman–Crippen LogP) is 14.1. The van der Waals surface area contributed by atoms with Gasteiger partial charge in [0.2, 0.25) is 0 Å². The van der Waals surface area contributed by atoms with E-state index in [0.29, 0.717) is 11.8 Å². The molecule has 0 bridgehead atoms. The van der Waals surface area contributed by atoms with Crippen LogP contribution in [0.25, 0.3) is 64.6 Å². The maximum absolute atomic E-state index is 4.82. The molecule has 2 nitrogen and oxygen atoms in total. The topological polar surface area (TPSA) is 25.8 Å². The maximum atomic E-state index is 4.82. The molecule has 1 radical (unpaired) electrons. The molecule has 1 aliphatic rings. The molecule has 5 heteroatoms. The number of hydrogen-bond donors (Lipinski definition) is 0. The van der Waals surface area contributed by atoms with E-state index in [-0.39, 0.29) is 20.1 Å². The quantitative estimate of drug-likeness (QED) is 0.118. The third-order valence-electron chi connectivity index (χ3n) is 11.1. The molecule has 56 heavy (non-hydrogen) atoms. The molecule has 0 N–H and O–H groups in total. The molecule has 0 unspecified atom stereocenters. The molecule has 0 aliphatic heterocycles. The summed E-state index contributed by atoms with van der Waals surface area (Å²) in [7, 11) is -1.34. The van der Waals surface area contributed by atoms with Crippen LogP contribution in [0.5, 0.6) is 0 Å². The van der Waals surface area contributed by atoms with Crippen molar-refractivity contribution in [3.8, 4) is 33.6 Å². The van der Waals surface area contributed by atoms with E-state index in [9.17, 15) is 0 Å². The Morgan fingerprint density at radius 1 is 0.732 bits per heavy atom. The monoisotopic (exact) mass is 943 g/mol. The van der Waals surface area contributed by atoms with Crippen molar-refractivity contribution < 1.29 is 20.1 Å². The van der Waals surface area contributed by atoms with Gasteiger partial charge in [-0.2, -0.15) is 11.3 Å². The van der Waals surface area contributed by atoms with Crippen LogP contribution in [0, 0.1) is 18.1 Å². The normalized spacial score (nSPS) is 13.5. The minimum atomic E-state index is -1.34. The Morgan fingerprint density at radius 3 is 2.29 bits per heavy atom. The predicted molar refractivity (Wildman–Crippen MR) is 240 cm³/mol. The molecule has 1 fully saturated rings. The Kier molecular flexibility index (Phi) is 12.5. The van der Waals surface area contributed by atoms with Crippen molar-refractivity contribution in [2.75, 3.05) is 0 Å². The van der Waals surface area contributed by atoms with Gasteiger partial charge in [-0.15, -0.1) is 59.7 Å². The number of benzene rings is 5. The van der Waals surface area contributed by atoms with Gasteiger partial charge in [0.1, 0.15) is 0 Å². The third kappa shape index (κ3) is 8.53. The second-order valence-corrected chi connectivity index (χ2v) is 22.7. The number of thiophene rings is 1. The van der Waals surface area contributed by atoms with Gasteiger partial charge in [-0.25, -0.2) is 0 Å². The van der Waals surface area contributed by atoms with Crippen LogP contribution in [0.3, 0.4) is 0 Å². The smallest absolute Gasteiger partial charge is 0.0798 e. The summed E-state index contributed by atoms with van der Waals surface area (Å²) in [5.41, 5.74) is 9.82. The Balaban J connectivity index is 0.000000197. The van der Waals surface area contributed by atoms with Crippen LogP contribution in [-0.4, -0.2) is 18.0 Å². The molecule has 9 rings (SSSR count).